The van der Waals surface area contributed by atoms with Gasteiger partial charge in [0.05, 0.1) is 34.6 Å². The van der Waals surface area contributed by atoms with E-state index in [1.54, 1.807) is 23.3 Å². The minimum absolute atomic E-state index is 0.0358. The lowest BCUT2D eigenvalue weighted by molar-refractivity contribution is 0.189. The zero-order valence-electron chi connectivity index (χ0n) is 13.3. The fraction of sp³-hybridized carbons (Fsp3) is 0.286. The molecule has 26 heavy (non-hydrogen) atoms. The molecule has 0 spiro atoms. The lowest BCUT2D eigenvalue weighted by Gasteiger charge is -2.37. The first kappa shape index (κ1) is 17.1. The minimum atomic E-state index is -3.72. The fourth-order valence-electron chi connectivity index (χ4n) is 2.60. The number of hydrogen-bond acceptors (Lipinski definition) is 6. The summed E-state index contributed by atoms with van der Waals surface area (Å²) in [7, 11) is -3.72. The molecule has 136 valence electrons. The number of rotatable bonds is 5. The summed E-state index contributed by atoms with van der Waals surface area (Å²) in [5.41, 5.74) is 0.674. The van der Waals surface area contributed by atoms with Crippen molar-refractivity contribution in [3.8, 4) is 0 Å². The highest BCUT2D eigenvalue weighted by Gasteiger charge is 2.38. The summed E-state index contributed by atoms with van der Waals surface area (Å²) < 4.78 is 41.3. The quantitative estimate of drug-likeness (QED) is 0.635. The van der Waals surface area contributed by atoms with E-state index in [1.807, 2.05) is 0 Å². The molecule has 1 aromatic carbocycles. The van der Waals surface area contributed by atoms with Crippen LogP contribution in [0.2, 0.25) is 5.02 Å². The standard InChI is InChI=1S/C14H13ClFN7O2S/c15-13-5-12(1-2-14(13)16)26(24,25)21-8-11(9-21)22-6-10(19-20-22)7-23-17-3-4-18-23/h1-6,11H,7-9H2. The minimum Gasteiger partial charge on any atom is -0.246 e. The first-order chi connectivity index (χ1) is 12.4. The van der Waals surface area contributed by atoms with Crippen LogP contribution < -0.4 is 0 Å². The molecule has 0 radical (unpaired) electrons. The number of benzene rings is 1. The maximum Gasteiger partial charge on any atom is 0.243 e. The van der Waals surface area contributed by atoms with Crippen LogP contribution in [0.1, 0.15) is 11.7 Å². The largest absolute Gasteiger partial charge is 0.246 e. The van der Waals surface area contributed by atoms with E-state index in [-0.39, 0.29) is 29.0 Å². The van der Waals surface area contributed by atoms with E-state index in [9.17, 15) is 12.8 Å². The van der Waals surface area contributed by atoms with E-state index in [0.717, 1.165) is 12.1 Å². The number of sulfonamides is 1. The molecular weight excluding hydrogens is 385 g/mol. The van der Waals surface area contributed by atoms with Gasteiger partial charge >= 0.3 is 0 Å². The fourth-order valence-corrected chi connectivity index (χ4v) is 4.39. The maximum atomic E-state index is 13.2. The highest BCUT2D eigenvalue weighted by Crippen LogP contribution is 2.29. The van der Waals surface area contributed by atoms with Crippen LogP contribution in [0, 0.1) is 5.82 Å². The van der Waals surface area contributed by atoms with Gasteiger partial charge in [0.25, 0.3) is 0 Å². The van der Waals surface area contributed by atoms with Crippen molar-refractivity contribution in [1.29, 1.82) is 0 Å². The third kappa shape index (κ3) is 3.08. The lowest BCUT2D eigenvalue weighted by atomic mass is 10.2. The molecule has 1 fully saturated rings. The van der Waals surface area contributed by atoms with Crippen molar-refractivity contribution in [3.05, 3.63) is 53.3 Å². The summed E-state index contributed by atoms with van der Waals surface area (Å²) >= 11 is 5.68. The maximum absolute atomic E-state index is 13.2. The SMILES string of the molecule is O=S(=O)(c1ccc(F)c(Cl)c1)N1CC(n2cc(Cn3nccn3)nn2)C1. The van der Waals surface area contributed by atoms with Gasteiger partial charge in [0.1, 0.15) is 18.1 Å². The predicted octanol–water partition coefficient (Wildman–Crippen LogP) is 0.956. The van der Waals surface area contributed by atoms with Crippen LogP contribution in [0.3, 0.4) is 0 Å². The molecule has 1 saturated heterocycles. The molecule has 2 aromatic heterocycles. The van der Waals surface area contributed by atoms with E-state index >= 15 is 0 Å². The molecule has 1 aliphatic rings. The van der Waals surface area contributed by atoms with Gasteiger partial charge in [-0.3, -0.25) is 0 Å². The first-order valence-corrected chi connectivity index (χ1v) is 9.45. The van der Waals surface area contributed by atoms with Crippen molar-refractivity contribution in [2.75, 3.05) is 13.1 Å². The van der Waals surface area contributed by atoms with Crippen LogP contribution >= 0.6 is 11.6 Å². The first-order valence-electron chi connectivity index (χ1n) is 7.63. The van der Waals surface area contributed by atoms with Gasteiger partial charge in [-0.15, -0.1) is 5.10 Å². The Morgan fingerprint density at radius 3 is 2.65 bits per heavy atom. The smallest absolute Gasteiger partial charge is 0.243 e. The highest BCUT2D eigenvalue weighted by molar-refractivity contribution is 7.89. The van der Waals surface area contributed by atoms with Crippen molar-refractivity contribution >= 4 is 21.6 Å². The average molecular weight is 398 g/mol. The lowest BCUT2D eigenvalue weighted by Crippen LogP contribution is -2.50. The molecule has 1 aliphatic heterocycles. The topological polar surface area (TPSA) is 98.8 Å². The molecule has 3 aromatic rings. The molecule has 0 N–H and O–H groups in total. The highest BCUT2D eigenvalue weighted by atomic mass is 35.5. The second-order valence-electron chi connectivity index (χ2n) is 5.80. The van der Waals surface area contributed by atoms with Gasteiger partial charge in [-0.2, -0.15) is 19.3 Å². The van der Waals surface area contributed by atoms with Crippen molar-refractivity contribution in [2.24, 2.45) is 0 Å². The van der Waals surface area contributed by atoms with E-state index < -0.39 is 15.8 Å². The summed E-state index contributed by atoms with van der Waals surface area (Å²) in [5.74, 6) is -0.658. The predicted molar refractivity (Wildman–Crippen MR) is 88.4 cm³/mol. The monoisotopic (exact) mass is 397 g/mol. The third-order valence-corrected chi connectivity index (χ3v) is 6.18. The summed E-state index contributed by atoms with van der Waals surface area (Å²) in [6.45, 7) is 0.885. The van der Waals surface area contributed by atoms with E-state index in [1.165, 1.54) is 15.2 Å². The molecule has 0 saturated carbocycles. The molecule has 0 unspecified atom stereocenters. The van der Waals surface area contributed by atoms with E-state index in [2.05, 4.69) is 20.5 Å². The van der Waals surface area contributed by atoms with Crippen LogP contribution in [0.4, 0.5) is 4.39 Å². The van der Waals surface area contributed by atoms with Gasteiger partial charge in [-0.05, 0) is 18.2 Å². The molecule has 0 amide bonds. The summed E-state index contributed by atoms with van der Waals surface area (Å²) in [6, 6.07) is 3.24. The van der Waals surface area contributed by atoms with Crippen LogP contribution in [-0.4, -0.2) is 55.8 Å². The molecule has 12 heteroatoms. The van der Waals surface area contributed by atoms with Crippen LogP contribution in [0.15, 0.2) is 41.7 Å². The summed E-state index contributed by atoms with van der Waals surface area (Å²) in [6.07, 6.45) is 4.88. The average Bonchev–Trinajstić information content (AvgIpc) is 3.21. The molecule has 4 rings (SSSR count). The Labute approximate surface area is 153 Å². The molecule has 3 heterocycles. The summed E-state index contributed by atoms with van der Waals surface area (Å²) in [4.78, 5) is 1.44. The molecule has 9 nitrogen and oxygen atoms in total. The Morgan fingerprint density at radius 2 is 1.96 bits per heavy atom. The number of aromatic nitrogens is 6. The van der Waals surface area contributed by atoms with Crippen LogP contribution in [0.25, 0.3) is 0 Å². The second kappa shape index (κ2) is 6.41. The normalized spacial score (nSPS) is 15.9. The van der Waals surface area contributed by atoms with Gasteiger partial charge in [0, 0.05) is 13.1 Å². The van der Waals surface area contributed by atoms with E-state index in [4.69, 9.17) is 11.6 Å². The third-order valence-electron chi connectivity index (χ3n) is 4.06. The van der Waals surface area contributed by atoms with Gasteiger partial charge < -0.3 is 0 Å². The van der Waals surface area contributed by atoms with Gasteiger partial charge in [-0.25, -0.2) is 17.5 Å². The van der Waals surface area contributed by atoms with Gasteiger partial charge in [0.15, 0.2) is 0 Å². The van der Waals surface area contributed by atoms with Crippen LogP contribution in [-0.2, 0) is 16.6 Å². The molecule has 0 atom stereocenters. The summed E-state index contributed by atoms with van der Waals surface area (Å²) in [5, 5.41) is 15.8. The van der Waals surface area contributed by atoms with Crippen molar-refractivity contribution in [1.82, 2.24) is 34.3 Å². The Morgan fingerprint density at radius 1 is 1.23 bits per heavy atom. The molecular formula is C14H13ClFN7O2S. The Balaban J connectivity index is 1.43. The van der Waals surface area contributed by atoms with Crippen molar-refractivity contribution < 1.29 is 12.8 Å². The Hall–Kier alpha value is -2.37. The molecule has 0 bridgehead atoms. The Kier molecular flexibility index (Phi) is 4.21. The zero-order chi connectivity index (χ0) is 18.3. The van der Waals surface area contributed by atoms with Gasteiger partial charge in [0.2, 0.25) is 10.0 Å². The Bertz CT molecular complexity index is 1030. The number of nitrogens with zero attached hydrogens (tertiary/aromatic N) is 7. The van der Waals surface area contributed by atoms with Crippen LogP contribution in [0.5, 0.6) is 0 Å². The second-order valence-corrected chi connectivity index (χ2v) is 8.15. The number of halogens is 2. The number of hydrogen-bond donors (Lipinski definition) is 0. The zero-order valence-corrected chi connectivity index (χ0v) is 14.8. The van der Waals surface area contributed by atoms with Gasteiger partial charge in [-0.1, -0.05) is 16.8 Å². The van der Waals surface area contributed by atoms with Crippen molar-refractivity contribution in [2.45, 2.75) is 17.5 Å². The molecule has 0 aliphatic carbocycles. The van der Waals surface area contributed by atoms with Crippen molar-refractivity contribution in [3.63, 3.8) is 0 Å². The van der Waals surface area contributed by atoms with E-state index in [0.29, 0.717) is 12.2 Å².